The topological polar surface area (TPSA) is 12.5 Å². The largest absolute Gasteiger partial charge is 0.376 e. The van der Waals surface area contributed by atoms with Crippen LogP contribution in [0, 0.1) is 0 Å². The van der Waals surface area contributed by atoms with Crippen LogP contribution in [0.5, 0.6) is 0 Å². The van der Waals surface area contributed by atoms with Crippen LogP contribution < -0.4 is 4.90 Å². The van der Waals surface area contributed by atoms with Gasteiger partial charge in [0.05, 0.1) is 12.1 Å². The van der Waals surface area contributed by atoms with Crippen molar-refractivity contribution in [2.24, 2.45) is 0 Å². The van der Waals surface area contributed by atoms with Crippen molar-refractivity contribution in [2.45, 2.75) is 31.4 Å². The molecule has 0 aliphatic carbocycles. The predicted octanol–water partition coefficient (Wildman–Crippen LogP) is 3.04. The van der Waals surface area contributed by atoms with Crippen molar-refractivity contribution in [3.63, 3.8) is 0 Å². The summed E-state index contributed by atoms with van der Waals surface area (Å²) in [5.74, 6) is 0.558. The second-order valence-electron chi connectivity index (χ2n) is 4.31. The van der Waals surface area contributed by atoms with Gasteiger partial charge in [0.25, 0.3) is 0 Å². The average Bonchev–Trinajstić information content (AvgIpc) is 2.74. The summed E-state index contributed by atoms with van der Waals surface area (Å²) in [5, 5.41) is 0. The zero-order valence-electron chi connectivity index (χ0n) is 9.82. The van der Waals surface area contributed by atoms with E-state index in [-0.39, 0.29) is 0 Å². The maximum atomic E-state index is 5.96. The third-order valence-corrected chi connectivity index (χ3v) is 3.64. The molecule has 1 saturated heterocycles. The van der Waals surface area contributed by atoms with Crippen LogP contribution in [-0.4, -0.2) is 25.8 Å². The van der Waals surface area contributed by atoms with Crippen LogP contribution in [0.15, 0.2) is 24.3 Å². The summed E-state index contributed by atoms with van der Waals surface area (Å²) >= 11 is 5.96. The first-order valence-electron chi connectivity index (χ1n) is 5.72. The van der Waals surface area contributed by atoms with Crippen LogP contribution in [-0.2, 0) is 10.6 Å². The standard InChI is InChI=1S/C13H18ClNO/c1-10-12(7-8-16-10)15(2)13-6-4-3-5-11(13)9-14/h3-6,10,12H,7-9H2,1-2H3. The number of ether oxygens (including phenoxy) is 1. The number of halogens is 1. The Morgan fingerprint density at radius 3 is 2.81 bits per heavy atom. The lowest BCUT2D eigenvalue weighted by molar-refractivity contribution is 0.118. The Labute approximate surface area is 102 Å². The van der Waals surface area contributed by atoms with Crippen molar-refractivity contribution in [3.05, 3.63) is 29.8 Å². The number of likely N-dealkylation sites (N-methyl/N-ethyl adjacent to an activating group) is 1. The molecule has 0 bridgehead atoms. The highest BCUT2D eigenvalue weighted by atomic mass is 35.5. The van der Waals surface area contributed by atoms with Crippen molar-refractivity contribution in [1.82, 2.24) is 0 Å². The molecule has 1 aliphatic heterocycles. The molecule has 0 radical (unpaired) electrons. The highest BCUT2D eigenvalue weighted by Crippen LogP contribution is 2.27. The minimum absolute atomic E-state index is 0.299. The van der Waals surface area contributed by atoms with Gasteiger partial charge in [-0.25, -0.2) is 0 Å². The first kappa shape index (κ1) is 11.7. The lowest BCUT2D eigenvalue weighted by atomic mass is 10.1. The van der Waals surface area contributed by atoms with Gasteiger partial charge in [-0.1, -0.05) is 18.2 Å². The fourth-order valence-electron chi connectivity index (χ4n) is 2.38. The van der Waals surface area contributed by atoms with Crippen LogP contribution in [0.3, 0.4) is 0 Å². The average molecular weight is 240 g/mol. The normalized spacial score (nSPS) is 24.7. The van der Waals surface area contributed by atoms with E-state index in [1.54, 1.807) is 0 Å². The van der Waals surface area contributed by atoms with E-state index in [2.05, 4.69) is 37.1 Å². The number of nitrogens with zero attached hydrogens (tertiary/aromatic N) is 1. The zero-order chi connectivity index (χ0) is 11.5. The fourth-order valence-corrected chi connectivity index (χ4v) is 2.60. The molecule has 1 aromatic carbocycles. The van der Waals surface area contributed by atoms with E-state index in [4.69, 9.17) is 16.3 Å². The van der Waals surface area contributed by atoms with Gasteiger partial charge in [0.2, 0.25) is 0 Å². The van der Waals surface area contributed by atoms with Crippen molar-refractivity contribution >= 4 is 17.3 Å². The number of benzene rings is 1. The summed E-state index contributed by atoms with van der Waals surface area (Å²) in [6.07, 6.45) is 1.39. The first-order valence-corrected chi connectivity index (χ1v) is 6.26. The third-order valence-electron chi connectivity index (χ3n) is 3.35. The molecule has 1 heterocycles. The number of alkyl halides is 1. The van der Waals surface area contributed by atoms with Gasteiger partial charge >= 0.3 is 0 Å². The molecule has 0 N–H and O–H groups in total. The smallest absolute Gasteiger partial charge is 0.0750 e. The summed E-state index contributed by atoms with van der Waals surface area (Å²) < 4.78 is 5.61. The molecule has 2 atom stereocenters. The van der Waals surface area contributed by atoms with Crippen LogP contribution >= 0.6 is 11.6 Å². The number of hydrogen-bond donors (Lipinski definition) is 0. The first-order chi connectivity index (χ1) is 7.74. The van der Waals surface area contributed by atoms with Gasteiger partial charge in [-0.05, 0) is 25.0 Å². The van der Waals surface area contributed by atoms with E-state index >= 15 is 0 Å². The van der Waals surface area contributed by atoms with Gasteiger partial charge in [0, 0.05) is 25.2 Å². The molecule has 0 aromatic heterocycles. The van der Waals surface area contributed by atoms with E-state index in [1.807, 2.05) is 6.07 Å². The van der Waals surface area contributed by atoms with Gasteiger partial charge < -0.3 is 9.64 Å². The number of para-hydroxylation sites is 1. The minimum atomic E-state index is 0.299. The zero-order valence-corrected chi connectivity index (χ0v) is 10.6. The van der Waals surface area contributed by atoms with Crippen molar-refractivity contribution < 1.29 is 4.74 Å². The molecule has 0 saturated carbocycles. The molecule has 0 spiro atoms. The highest BCUT2D eigenvalue weighted by Gasteiger charge is 2.28. The Morgan fingerprint density at radius 1 is 1.44 bits per heavy atom. The van der Waals surface area contributed by atoms with Crippen LogP contribution in [0.2, 0.25) is 0 Å². The maximum absolute atomic E-state index is 5.96. The van der Waals surface area contributed by atoms with E-state index in [1.165, 1.54) is 11.3 Å². The molecule has 2 rings (SSSR count). The molecular weight excluding hydrogens is 222 g/mol. The summed E-state index contributed by atoms with van der Waals surface area (Å²) in [7, 11) is 2.13. The molecule has 2 unspecified atom stereocenters. The van der Waals surface area contributed by atoms with Crippen LogP contribution in [0.4, 0.5) is 5.69 Å². The Balaban J connectivity index is 2.22. The van der Waals surface area contributed by atoms with Gasteiger partial charge in [0.1, 0.15) is 0 Å². The van der Waals surface area contributed by atoms with Crippen molar-refractivity contribution in [1.29, 1.82) is 0 Å². The van der Waals surface area contributed by atoms with Crippen LogP contribution in [0.25, 0.3) is 0 Å². The van der Waals surface area contributed by atoms with Crippen molar-refractivity contribution in [3.8, 4) is 0 Å². The molecule has 1 fully saturated rings. The van der Waals surface area contributed by atoms with E-state index in [0.717, 1.165) is 13.0 Å². The summed E-state index contributed by atoms with van der Waals surface area (Å²) in [6.45, 7) is 3.00. The number of anilines is 1. The Hall–Kier alpha value is -0.730. The second kappa shape index (κ2) is 5.07. The van der Waals surface area contributed by atoms with Crippen molar-refractivity contribution in [2.75, 3.05) is 18.6 Å². The lowest BCUT2D eigenvalue weighted by Gasteiger charge is -2.30. The molecule has 2 nitrogen and oxygen atoms in total. The fraction of sp³-hybridized carbons (Fsp3) is 0.538. The minimum Gasteiger partial charge on any atom is -0.376 e. The van der Waals surface area contributed by atoms with Crippen LogP contribution in [0.1, 0.15) is 18.9 Å². The molecule has 16 heavy (non-hydrogen) atoms. The molecule has 88 valence electrons. The number of hydrogen-bond acceptors (Lipinski definition) is 2. The predicted molar refractivity (Wildman–Crippen MR) is 68.2 cm³/mol. The second-order valence-corrected chi connectivity index (χ2v) is 4.57. The molecular formula is C13H18ClNO. The quantitative estimate of drug-likeness (QED) is 0.752. The summed E-state index contributed by atoms with van der Waals surface area (Å²) in [4.78, 5) is 2.30. The molecule has 1 aliphatic rings. The monoisotopic (exact) mass is 239 g/mol. The Bertz CT molecular complexity index is 356. The molecule has 0 amide bonds. The van der Waals surface area contributed by atoms with E-state index < -0.39 is 0 Å². The third kappa shape index (κ3) is 2.18. The molecule has 1 aromatic rings. The summed E-state index contributed by atoms with van der Waals surface area (Å²) in [6, 6.07) is 8.76. The van der Waals surface area contributed by atoms with Gasteiger partial charge in [-0.15, -0.1) is 11.6 Å². The SMILES string of the molecule is CC1OCCC1N(C)c1ccccc1CCl. The van der Waals surface area contributed by atoms with Gasteiger partial charge in [0.15, 0.2) is 0 Å². The van der Waals surface area contributed by atoms with E-state index in [9.17, 15) is 0 Å². The Kier molecular flexibility index (Phi) is 3.72. The highest BCUT2D eigenvalue weighted by molar-refractivity contribution is 6.17. The summed E-state index contributed by atoms with van der Waals surface area (Å²) in [5.41, 5.74) is 2.41. The lowest BCUT2D eigenvalue weighted by Crippen LogP contribution is -2.37. The maximum Gasteiger partial charge on any atom is 0.0750 e. The molecule has 3 heteroatoms. The van der Waals surface area contributed by atoms with Gasteiger partial charge in [-0.3, -0.25) is 0 Å². The number of rotatable bonds is 3. The Morgan fingerprint density at radius 2 is 2.19 bits per heavy atom. The van der Waals surface area contributed by atoms with E-state index in [0.29, 0.717) is 18.0 Å². The van der Waals surface area contributed by atoms with Gasteiger partial charge in [-0.2, -0.15) is 0 Å².